The van der Waals surface area contributed by atoms with E-state index in [-0.39, 0.29) is 5.91 Å². The SMILES string of the molecule is CC(=O)N1CCc2c(cnc3[nH]cc(-c4cccc(Cl)c4)c23)C1. The van der Waals surface area contributed by atoms with Gasteiger partial charge >= 0.3 is 0 Å². The minimum atomic E-state index is 0.111. The van der Waals surface area contributed by atoms with Crippen molar-refractivity contribution in [1.82, 2.24) is 14.9 Å². The molecule has 0 saturated heterocycles. The maximum atomic E-state index is 11.6. The molecular formula is C18H16ClN3O. The van der Waals surface area contributed by atoms with Gasteiger partial charge in [0.2, 0.25) is 5.91 Å². The Labute approximate surface area is 139 Å². The first-order valence-corrected chi connectivity index (χ1v) is 8.00. The molecule has 0 aliphatic carbocycles. The summed E-state index contributed by atoms with van der Waals surface area (Å²) < 4.78 is 0. The standard InChI is InChI=1S/C18H16ClN3O/c1-11(23)22-6-5-15-13(10-22)8-20-18-17(15)16(9-21-18)12-3-2-4-14(19)7-12/h2-4,7-9H,5-6,10H2,1H3,(H,20,21). The van der Waals surface area contributed by atoms with E-state index in [2.05, 4.69) is 16.0 Å². The Morgan fingerprint density at radius 3 is 3.04 bits per heavy atom. The average Bonchev–Trinajstić information content (AvgIpc) is 2.98. The number of carbonyl (C=O) groups is 1. The lowest BCUT2D eigenvalue weighted by molar-refractivity contribution is -0.129. The van der Waals surface area contributed by atoms with Crippen LogP contribution in [0.25, 0.3) is 22.2 Å². The zero-order valence-electron chi connectivity index (χ0n) is 12.8. The van der Waals surface area contributed by atoms with Gasteiger partial charge in [-0.2, -0.15) is 0 Å². The Morgan fingerprint density at radius 1 is 1.39 bits per heavy atom. The molecule has 0 unspecified atom stereocenters. The van der Waals surface area contributed by atoms with E-state index in [0.717, 1.165) is 45.7 Å². The number of fused-ring (bicyclic) bond motifs is 3. The maximum absolute atomic E-state index is 11.6. The third-order valence-electron chi connectivity index (χ3n) is 4.47. The number of hydrogen-bond donors (Lipinski definition) is 1. The number of rotatable bonds is 1. The number of hydrogen-bond acceptors (Lipinski definition) is 2. The van der Waals surface area contributed by atoms with Gasteiger partial charge < -0.3 is 9.88 Å². The highest BCUT2D eigenvalue weighted by Crippen LogP contribution is 2.34. The van der Waals surface area contributed by atoms with Gasteiger partial charge in [-0.25, -0.2) is 4.98 Å². The molecule has 4 rings (SSSR count). The highest BCUT2D eigenvalue weighted by Gasteiger charge is 2.22. The Morgan fingerprint density at radius 2 is 2.26 bits per heavy atom. The molecule has 23 heavy (non-hydrogen) atoms. The van der Waals surface area contributed by atoms with E-state index in [0.29, 0.717) is 6.54 Å². The predicted molar refractivity (Wildman–Crippen MR) is 91.3 cm³/mol. The van der Waals surface area contributed by atoms with Crippen molar-refractivity contribution in [1.29, 1.82) is 0 Å². The van der Waals surface area contributed by atoms with Gasteiger partial charge in [0.15, 0.2) is 0 Å². The molecule has 3 aromatic rings. The molecule has 1 N–H and O–H groups in total. The second-order valence-corrected chi connectivity index (χ2v) is 6.33. The molecule has 0 fully saturated rings. The molecule has 116 valence electrons. The summed E-state index contributed by atoms with van der Waals surface area (Å²) in [5, 5.41) is 1.87. The molecule has 1 aliphatic heterocycles. The van der Waals surface area contributed by atoms with Gasteiger partial charge in [-0.05, 0) is 35.2 Å². The molecular weight excluding hydrogens is 310 g/mol. The zero-order chi connectivity index (χ0) is 16.0. The van der Waals surface area contributed by atoms with E-state index in [9.17, 15) is 4.79 Å². The fourth-order valence-electron chi connectivity index (χ4n) is 3.31. The van der Waals surface area contributed by atoms with Crippen LogP contribution < -0.4 is 0 Å². The van der Waals surface area contributed by atoms with Gasteiger partial charge in [-0.1, -0.05) is 23.7 Å². The molecule has 3 heterocycles. The molecule has 2 aromatic heterocycles. The number of aromatic nitrogens is 2. The van der Waals surface area contributed by atoms with Crippen LogP contribution in [-0.4, -0.2) is 27.3 Å². The lowest BCUT2D eigenvalue weighted by Gasteiger charge is -2.28. The first-order valence-electron chi connectivity index (χ1n) is 7.63. The van der Waals surface area contributed by atoms with Crippen molar-refractivity contribution in [3.63, 3.8) is 0 Å². The minimum Gasteiger partial charge on any atom is -0.346 e. The summed E-state index contributed by atoms with van der Waals surface area (Å²) in [5.74, 6) is 0.111. The van der Waals surface area contributed by atoms with Crippen LogP contribution in [-0.2, 0) is 17.8 Å². The predicted octanol–water partition coefficient (Wildman–Crippen LogP) is 3.79. The van der Waals surface area contributed by atoms with Crippen molar-refractivity contribution in [3.05, 3.63) is 52.8 Å². The number of nitrogens with zero attached hydrogens (tertiary/aromatic N) is 2. The van der Waals surface area contributed by atoms with Crippen molar-refractivity contribution in [2.75, 3.05) is 6.54 Å². The Balaban J connectivity index is 1.89. The topological polar surface area (TPSA) is 49.0 Å². The fraction of sp³-hybridized carbons (Fsp3) is 0.222. The van der Waals surface area contributed by atoms with Crippen LogP contribution in [0.3, 0.4) is 0 Å². The summed E-state index contributed by atoms with van der Waals surface area (Å²) in [6.07, 6.45) is 4.71. The Hall–Kier alpha value is -2.33. The summed E-state index contributed by atoms with van der Waals surface area (Å²) in [6.45, 7) is 3.00. The summed E-state index contributed by atoms with van der Waals surface area (Å²) in [6, 6.07) is 7.85. The quantitative estimate of drug-likeness (QED) is 0.740. The molecule has 0 spiro atoms. The van der Waals surface area contributed by atoms with Crippen molar-refractivity contribution in [2.45, 2.75) is 19.9 Å². The summed E-state index contributed by atoms with van der Waals surface area (Å²) in [7, 11) is 0. The molecule has 1 aliphatic rings. The van der Waals surface area contributed by atoms with E-state index in [1.807, 2.05) is 35.5 Å². The zero-order valence-corrected chi connectivity index (χ0v) is 13.5. The van der Waals surface area contributed by atoms with Gasteiger partial charge in [0, 0.05) is 48.4 Å². The van der Waals surface area contributed by atoms with Crippen LogP contribution in [0, 0.1) is 0 Å². The first-order chi connectivity index (χ1) is 11.1. The average molecular weight is 326 g/mol. The van der Waals surface area contributed by atoms with E-state index < -0.39 is 0 Å². The van der Waals surface area contributed by atoms with Gasteiger partial charge in [-0.15, -0.1) is 0 Å². The normalized spacial score (nSPS) is 14.1. The molecule has 0 saturated carbocycles. The number of halogens is 1. The van der Waals surface area contributed by atoms with E-state index >= 15 is 0 Å². The smallest absolute Gasteiger partial charge is 0.219 e. The highest BCUT2D eigenvalue weighted by molar-refractivity contribution is 6.30. The second-order valence-electron chi connectivity index (χ2n) is 5.89. The molecule has 0 radical (unpaired) electrons. The number of benzene rings is 1. The molecule has 1 amide bonds. The lowest BCUT2D eigenvalue weighted by atomic mass is 9.94. The monoisotopic (exact) mass is 325 g/mol. The third kappa shape index (κ3) is 2.39. The second kappa shape index (κ2) is 5.39. The third-order valence-corrected chi connectivity index (χ3v) is 4.71. The summed E-state index contributed by atoms with van der Waals surface area (Å²) in [5.41, 5.74) is 5.48. The number of amides is 1. The number of H-pyrrole nitrogens is 1. The van der Waals surface area contributed by atoms with Crippen LogP contribution in [0.4, 0.5) is 0 Å². The molecule has 0 atom stereocenters. The van der Waals surface area contributed by atoms with Gasteiger partial charge in [0.05, 0.1) is 0 Å². The largest absolute Gasteiger partial charge is 0.346 e. The molecule has 0 bridgehead atoms. The number of aromatic amines is 1. The summed E-state index contributed by atoms with van der Waals surface area (Å²) in [4.78, 5) is 21.3. The van der Waals surface area contributed by atoms with Crippen molar-refractivity contribution >= 4 is 28.5 Å². The van der Waals surface area contributed by atoms with Crippen LogP contribution in [0.1, 0.15) is 18.1 Å². The van der Waals surface area contributed by atoms with Crippen molar-refractivity contribution in [2.24, 2.45) is 0 Å². The fourth-order valence-corrected chi connectivity index (χ4v) is 3.50. The lowest BCUT2D eigenvalue weighted by Crippen LogP contribution is -2.34. The van der Waals surface area contributed by atoms with E-state index in [1.54, 1.807) is 6.92 Å². The van der Waals surface area contributed by atoms with Gasteiger partial charge in [0.1, 0.15) is 5.65 Å². The van der Waals surface area contributed by atoms with Crippen LogP contribution >= 0.6 is 11.6 Å². The number of nitrogens with one attached hydrogen (secondary N) is 1. The minimum absolute atomic E-state index is 0.111. The van der Waals surface area contributed by atoms with Crippen LogP contribution in [0.2, 0.25) is 5.02 Å². The van der Waals surface area contributed by atoms with Crippen LogP contribution in [0.5, 0.6) is 0 Å². The van der Waals surface area contributed by atoms with Crippen LogP contribution in [0.15, 0.2) is 36.7 Å². The van der Waals surface area contributed by atoms with Crippen molar-refractivity contribution < 1.29 is 4.79 Å². The van der Waals surface area contributed by atoms with Gasteiger partial charge in [0.25, 0.3) is 0 Å². The molecule has 4 nitrogen and oxygen atoms in total. The van der Waals surface area contributed by atoms with Crippen molar-refractivity contribution in [3.8, 4) is 11.1 Å². The number of pyridine rings is 1. The Bertz CT molecular complexity index is 916. The first kappa shape index (κ1) is 14.3. The van der Waals surface area contributed by atoms with Gasteiger partial charge in [-0.3, -0.25) is 4.79 Å². The highest BCUT2D eigenvalue weighted by atomic mass is 35.5. The Kier molecular flexibility index (Phi) is 3.34. The van der Waals surface area contributed by atoms with E-state index in [4.69, 9.17) is 11.6 Å². The van der Waals surface area contributed by atoms with E-state index in [1.165, 1.54) is 5.56 Å². The molecule has 5 heteroatoms. The maximum Gasteiger partial charge on any atom is 0.219 e. The summed E-state index contributed by atoms with van der Waals surface area (Å²) >= 11 is 6.14. The molecule has 1 aromatic carbocycles. The number of carbonyl (C=O) groups excluding carboxylic acids is 1.